The minimum Gasteiger partial charge on any atom is -0.491 e. The molecule has 19 heavy (non-hydrogen) atoms. The number of nitrogens with zero attached hydrogens (tertiary/aromatic N) is 1. The number of carbonyl (C=O) groups is 1. The molecule has 1 amide bonds. The fraction of sp³-hybridized carbons (Fsp3) is 0.571. The van der Waals surface area contributed by atoms with E-state index in [1.807, 2.05) is 19.1 Å². The van der Waals surface area contributed by atoms with Gasteiger partial charge < -0.3 is 15.8 Å². The topological polar surface area (TPSA) is 77.2 Å². The number of hydrogen-bond acceptors (Lipinski definition) is 4. The summed E-state index contributed by atoms with van der Waals surface area (Å²) in [7, 11) is 0. The van der Waals surface area contributed by atoms with Crippen LogP contribution in [0.15, 0.2) is 12.1 Å². The van der Waals surface area contributed by atoms with E-state index in [4.69, 9.17) is 10.5 Å². The van der Waals surface area contributed by atoms with Crippen LogP contribution in [0.3, 0.4) is 0 Å². The van der Waals surface area contributed by atoms with Crippen molar-refractivity contribution in [2.45, 2.75) is 33.7 Å². The molecule has 1 atom stereocenters. The Balaban J connectivity index is 2.67. The normalized spacial score (nSPS) is 12.2. The quantitative estimate of drug-likeness (QED) is 0.696. The second-order valence-corrected chi connectivity index (χ2v) is 4.69. The lowest BCUT2D eigenvalue weighted by Gasteiger charge is -2.14. The van der Waals surface area contributed by atoms with E-state index >= 15 is 0 Å². The van der Waals surface area contributed by atoms with Gasteiger partial charge in [0.2, 0.25) is 5.91 Å². The fourth-order valence-corrected chi connectivity index (χ4v) is 1.54. The van der Waals surface area contributed by atoms with E-state index in [1.54, 1.807) is 6.92 Å². The van der Waals surface area contributed by atoms with Gasteiger partial charge in [0, 0.05) is 12.2 Å². The zero-order chi connectivity index (χ0) is 14.3. The number of carbonyl (C=O) groups excluding carboxylic acids is 1. The van der Waals surface area contributed by atoms with E-state index in [0.717, 1.165) is 24.4 Å². The number of ether oxygens (including phenoxy) is 1. The molecule has 1 unspecified atom stereocenters. The number of nitrogens with one attached hydrogen (secondary N) is 1. The number of pyridine rings is 1. The van der Waals surface area contributed by atoms with Crippen molar-refractivity contribution in [2.75, 3.05) is 13.2 Å². The zero-order valence-electron chi connectivity index (χ0n) is 11.9. The number of hydrogen-bond donors (Lipinski definition) is 2. The zero-order valence-corrected chi connectivity index (χ0v) is 11.9. The van der Waals surface area contributed by atoms with Crippen molar-refractivity contribution >= 4 is 5.91 Å². The first kappa shape index (κ1) is 15.4. The molecule has 0 radical (unpaired) electrons. The molecule has 3 N–H and O–H groups in total. The summed E-state index contributed by atoms with van der Waals surface area (Å²) in [4.78, 5) is 15.4. The molecule has 5 nitrogen and oxygen atoms in total. The third-order valence-corrected chi connectivity index (χ3v) is 2.77. The Hall–Kier alpha value is -1.62. The van der Waals surface area contributed by atoms with Crippen LogP contribution in [0.5, 0.6) is 5.75 Å². The molecule has 0 fully saturated rings. The molecule has 1 heterocycles. The Morgan fingerprint density at radius 2 is 2.26 bits per heavy atom. The first-order valence-electron chi connectivity index (χ1n) is 6.64. The molecule has 0 aromatic carbocycles. The SMILES string of the molecule is CCCNCc1nc(C)ccc1OCC(C)C(N)=O. The number of amides is 1. The molecule has 0 aliphatic heterocycles. The molecule has 0 aliphatic rings. The van der Waals surface area contributed by atoms with Gasteiger partial charge in [0.05, 0.1) is 18.2 Å². The Morgan fingerprint density at radius 3 is 2.89 bits per heavy atom. The van der Waals surface area contributed by atoms with E-state index in [1.165, 1.54) is 0 Å². The van der Waals surface area contributed by atoms with Gasteiger partial charge in [0.15, 0.2) is 0 Å². The van der Waals surface area contributed by atoms with Gasteiger partial charge in [0.25, 0.3) is 0 Å². The molecule has 0 saturated heterocycles. The Morgan fingerprint density at radius 1 is 1.53 bits per heavy atom. The van der Waals surface area contributed by atoms with Gasteiger partial charge in [-0.05, 0) is 32.0 Å². The van der Waals surface area contributed by atoms with Gasteiger partial charge in [-0.1, -0.05) is 13.8 Å². The van der Waals surface area contributed by atoms with Crippen molar-refractivity contribution in [3.05, 3.63) is 23.5 Å². The molecule has 0 saturated carbocycles. The molecule has 1 rings (SSSR count). The van der Waals surface area contributed by atoms with Gasteiger partial charge in [-0.25, -0.2) is 0 Å². The lowest BCUT2D eigenvalue weighted by atomic mass is 10.2. The van der Waals surface area contributed by atoms with Gasteiger partial charge >= 0.3 is 0 Å². The molecule has 0 bridgehead atoms. The Bertz CT molecular complexity index is 421. The number of nitrogens with two attached hydrogens (primary N) is 1. The standard InChI is InChI=1S/C14H23N3O2/c1-4-7-16-8-12-13(6-5-11(3)17-12)19-9-10(2)14(15)18/h5-6,10,16H,4,7-9H2,1-3H3,(H2,15,18). The number of aromatic nitrogens is 1. The Labute approximate surface area is 114 Å². The van der Waals surface area contributed by atoms with Crippen LogP contribution < -0.4 is 15.8 Å². The van der Waals surface area contributed by atoms with E-state index in [-0.39, 0.29) is 18.4 Å². The van der Waals surface area contributed by atoms with Crippen LogP contribution in [0.4, 0.5) is 0 Å². The third kappa shape index (κ3) is 5.26. The maximum atomic E-state index is 11.0. The summed E-state index contributed by atoms with van der Waals surface area (Å²) in [6, 6.07) is 3.78. The summed E-state index contributed by atoms with van der Waals surface area (Å²) in [6.45, 7) is 7.68. The van der Waals surface area contributed by atoms with E-state index in [2.05, 4.69) is 17.2 Å². The van der Waals surface area contributed by atoms with Crippen LogP contribution in [0.1, 0.15) is 31.7 Å². The van der Waals surface area contributed by atoms with Crippen molar-refractivity contribution in [3.8, 4) is 5.75 Å². The maximum Gasteiger partial charge on any atom is 0.223 e. The van der Waals surface area contributed by atoms with Crippen molar-refractivity contribution in [1.82, 2.24) is 10.3 Å². The van der Waals surface area contributed by atoms with Crippen LogP contribution in [0, 0.1) is 12.8 Å². The largest absolute Gasteiger partial charge is 0.491 e. The highest BCUT2D eigenvalue weighted by molar-refractivity contribution is 5.76. The maximum absolute atomic E-state index is 11.0. The average molecular weight is 265 g/mol. The molecule has 1 aromatic rings. The summed E-state index contributed by atoms with van der Waals surface area (Å²) in [5, 5.41) is 3.30. The minimum atomic E-state index is -0.356. The summed E-state index contributed by atoms with van der Waals surface area (Å²) < 4.78 is 5.64. The lowest BCUT2D eigenvalue weighted by molar-refractivity contribution is -0.122. The first-order chi connectivity index (χ1) is 9.04. The molecule has 1 aromatic heterocycles. The average Bonchev–Trinajstić information content (AvgIpc) is 2.37. The van der Waals surface area contributed by atoms with Crippen LogP contribution in [-0.4, -0.2) is 24.0 Å². The van der Waals surface area contributed by atoms with Crippen molar-refractivity contribution < 1.29 is 9.53 Å². The van der Waals surface area contributed by atoms with E-state index in [0.29, 0.717) is 12.3 Å². The number of aryl methyl sites for hydroxylation is 1. The predicted molar refractivity (Wildman–Crippen MR) is 74.8 cm³/mol. The first-order valence-corrected chi connectivity index (χ1v) is 6.64. The molecular formula is C14H23N3O2. The van der Waals surface area contributed by atoms with Gasteiger partial charge in [-0.3, -0.25) is 9.78 Å². The Kier molecular flexibility index (Phi) is 6.29. The summed E-state index contributed by atoms with van der Waals surface area (Å²) >= 11 is 0. The second kappa shape index (κ2) is 7.74. The van der Waals surface area contributed by atoms with Crippen LogP contribution >= 0.6 is 0 Å². The smallest absolute Gasteiger partial charge is 0.223 e. The molecule has 0 spiro atoms. The van der Waals surface area contributed by atoms with Gasteiger partial charge in [-0.15, -0.1) is 0 Å². The molecule has 106 valence electrons. The molecule has 0 aliphatic carbocycles. The number of rotatable bonds is 8. The summed E-state index contributed by atoms with van der Waals surface area (Å²) in [6.07, 6.45) is 1.07. The molecule has 5 heteroatoms. The fourth-order valence-electron chi connectivity index (χ4n) is 1.54. The minimum absolute atomic E-state index is 0.279. The van der Waals surface area contributed by atoms with Crippen molar-refractivity contribution in [2.24, 2.45) is 11.7 Å². The predicted octanol–water partition coefficient (Wildman–Crippen LogP) is 1.39. The van der Waals surface area contributed by atoms with Crippen LogP contribution in [0.2, 0.25) is 0 Å². The van der Waals surface area contributed by atoms with Crippen LogP contribution in [-0.2, 0) is 11.3 Å². The van der Waals surface area contributed by atoms with Crippen LogP contribution in [0.25, 0.3) is 0 Å². The highest BCUT2D eigenvalue weighted by atomic mass is 16.5. The lowest BCUT2D eigenvalue weighted by Crippen LogP contribution is -2.26. The van der Waals surface area contributed by atoms with E-state index in [9.17, 15) is 4.79 Å². The third-order valence-electron chi connectivity index (χ3n) is 2.77. The van der Waals surface area contributed by atoms with Gasteiger partial charge in [0.1, 0.15) is 5.75 Å². The highest BCUT2D eigenvalue weighted by Crippen LogP contribution is 2.17. The monoisotopic (exact) mass is 265 g/mol. The van der Waals surface area contributed by atoms with Gasteiger partial charge in [-0.2, -0.15) is 0 Å². The van der Waals surface area contributed by atoms with Crippen molar-refractivity contribution in [1.29, 1.82) is 0 Å². The summed E-state index contributed by atoms with van der Waals surface area (Å²) in [5.41, 5.74) is 7.03. The summed E-state index contributed by atoms with van der Waals surface area (Å²) in [5.74, 6) is 0.0470. The van der Waals surface area contributed by atoms with Crippen molar-refractivity contribution in [3.63, 3.8) is 0 Å². The van der Waals surface area contributed by atoms with E-state index < -0.39 is 0 Å². The second-order valence-electron chi connectivity index (χ2n) is 4.69. The number of primary amides is 1. The molecular weight excluding hydrogens is 242 g/mol. The highest BCUT2D eigenvalue weighted by Gasteiger charge is 2.12.